The molecule has 7 heteroatoms. The van der Waals surface area contributed by atoms with Crippen molar-refractivity contribution in [2.45, 2.75) is 50.7 Å². The number of benzene rings is 1. The standard InChI is InChI=1S/C23H34N2O4S/c26-23(17-24-11-8-20(9-12-24)15-19-5-2-1-3-6-19)25(16-22-7-4-13-29-22)21-10-14-30(27,28)18-21/h1-3,5-6,20-22H,4,7-18H2. The van der Waals surface area contributed by atoms with Gasteiger partial charge in [0.1, 0.15) is 0 Å². The number of piperidine rings is 1. The fourth-order valence-corrected chi connectivity index (χ4v) is 6.79. The molecule has 3 aliphatic rings. The Morgan fingerprint density at radius 3 is 2.50 bits per heavy atom. The van der Waals surface area contributed by atoms with Crippen molar-refractivity contribution < 1.29 is 17.9 Å². The lowest BCUT2D eigenvalue weighted by Gasteiger charge is -2.35. The number of likely N-dealkylation sites (tertiary alicyclic amines) is 1. The average Bonchev–Trinajstić information content (AvgIpc) is 3.37. The topological polar surface area (TPSA) is 66.9 Å². The van der Waals surface area contributed by atoms with Crippen LogP contribution < -0.4 is 0 Å². The lowest BCUT2D eigenvalue weighted by molar-refractivity contribution is -0.136. The Morgan fingerprint density at radius 1 is 1.10 bits per heavy atom. The fourth-order valence-electron chi connectivity index (χ4n) is 5.06. The molecule has 2 atom stereocenters. The lowest BCUT2D eigenvalue weighted by Crippen LogP contribution is -2.50. The molecular weight excluding hydrogens is 400 g/mol. The van der Waals surface area contributed by atoms with Crippen LogP contribution in [-0.4, -0.2) is 80.6 Å². The van der Waals surface area contributed by atoms with E-state index in [2.05, 4.69) is 35.2 Å². The molecule has 1 aromatic carbocycles. The van der Waals surface area contributed by atoms with E-state index < -0.39 is 9.84 Å². The summed E-state index contributed by atoms with van der Waals surface area (Å²) in [5, 5.41) is 0. The van der Waals surface area contributed by atoms with E-state index >= 15 is 0 Å². The van der Waals surface area contributed by atoms with Crippen molar-refractivity contribution in [1.82, 2.24) is 9.80 Å². The molecule has 0 spiro atoms. The van der Waals surface area contributed by atoms with E-state index in [4.69, 9.17) is 4.74 Å². The summed E-state index contributed by atoms with van der Waals surface area (Å²) in [6.45, 7) is 3.52. The van der Waals surface area contributed by atoms with Crippen LogP contribution in [-0.2, 0) is 25.8 Å². The molecule has 30 heavy (non-hydrogen) atoms. The number of sulfone groups is 1. The number of ether oxygens (including phenoxy) is 1. The summed E-state index contributed by atoms with van der Waals surface area (Å²) in [5.74, 6) is 1.03. The second-order valence-electron chi connectivity index (χ2n) is 9.15. The number of hydrogen-bond donors (Lipinski definition) is 0. The highest BCUT2D eigenvalue weighted by atomic mass is 32.2. The predicted molar refractivity (Wildman–Crippen MR) is 117 cm³/mol. The number of nitrogens with zero attached hydrogens (tertiary/aromatic N) is 2. The molecule has 0 saturated carbocycles. The second-order valence-corrected chi connectivity index (χ2v) is 11.4. The van der Waals surface area contributed by atoms with Crippen molar-refractivity contribution in [3.8, 4) is 0 Å². The van der Waals surface area contributed by atoms with E-state index in [1.807, 2.05) is 4.90 Å². The first kappa shape index (κ1) is 21.8. The molecule has 0 aliphatic carbocycles. The Morgan fingerprint density at radius 2 is 1.87 bits per heavy atom. The highest BCUT2D eigenvalue weighted by Gasteiger charge is 2.37. The highest BCUT2D eigenvalue weighted by molar-refractivity contribution is 7.91. The van der Waals surface area contributed by atoms with Crippen LogP contribution in [0.25, 0.3) is 0 Å². The van der Waals surface area contributed by atoms with Crippen molar-refractivity contribution >= 4 is 15.7 Å². The number of hydrogen-bond acceptors (Lipinski definition) is 5. The van der Waals surface area contributed by atoms with Crippen LogP contribution >= 0.6 is 0 Å². The lowest BCUT2D eigenvalue weighted by atomic mass is 9.90. The summed E-state index contributed by atoms with van der Waals surface area (Å²) >= 11 is 0. The van der Waals surface area contributed by atoms with Gasteiger partial charge >= 0.3 is 0 Å². The van der Waals surface area contributed by atoms with E-state index in [0.29, 0.717) is 25.4 Å². The molecule has 1 aromatic rings. The minimum absolute atomic E-state index is 0.0499. The first-order chi connectivity index (χ1) is 14.5. The Kier molecular flexibility index (Phi) is 7.11. The number of amides is 1. The molecule has 0 bridgehead atoms. The summed E-state index contributed by atoms with van der Waals surface area (Å²) in [6, 6.07) is 10.4. The summed E-state index contributed by atoms with van der Waals surface area (Å²) in [7, 11) is -3.03. The van der Waals surface area contributed by atoms with Crippen LogP contribution in [0.3, 0.4) is 0 Å². The van der Waals surface area contributed by atoms with Gasteiger partial charge in [0.15, 0.2) is 9.84 Å². The van der Waals surface area contributed by atoms with E-state index in [1.54, 1.807) is 0 Å². The normalized spacial score (nSPS) is 27.3. The van der Waals surface area contributed by atoms with E-state index in [9.17, 15) is 13.2 Å². The zero-order valence-corrected chi connectivity index (χ0v) is 18.6. The number of rotatable bonds is 7. The largest absolute Gasteiger partial charge is 0.376 e. The maximum absolute atomic E-state index is 13.2. The monoisotopic (exact) mass is 434 g/mol. The average molecular weight is 435 g/mol. The molecule has 0 N–H and O–H groups in total. The molecule has 166 valence electrons. The number of carbonyl (C=O) groups excluding carboxylic acids is 1. The SMILES string of the molecule is O=C(CN1CCC(Cc2ccccc2)CC1)N(CC1CCCO1)C1CCS(=O)(=O)C1. The third kappa shape index (κ3) is 5.83. The van der Waals surface area contributed by atoms with Crippen molar-refractivity contribution in [2.24, 2.45) is 5.92 Å². The van der Waals surface area contributed by atoms with Crippen LogP contribution in [0, 0.1) is 5.92 Å². The Balaban J connectivity index is 1.31. The van der Waals surface area contributed by atoms with Gasteiger partial charge in [-0.15, -0.1) is 0 Å². The predicted octanol–water partition coefficient (Wildman–Crippen LogP) is 2.14. The zero-order chi connectivity index (χ0) is 21.0. The fraction of sp³-hybridized carbons (Fsp3) is 0.696. The van der Waals surface area contributed by atoms with Crippen LogP contribution in [0.1, 0.15) is 37.7 Å². The van der Waals surface area contributed by atoms with E-state index in [0.717, 1.165) is 51.8 Å². The molecule has 3 aliphatic heterocycles. The van der Waals surface area contributed by atoms with Gasteiger partial charge in [0.2, 0.25) is 5.91 Å². The van der Waals surface area contributed by atoms with Gasteiger partial charge in [0.25, 0.3) is 0 Å². The maximum Gasteiger partial charge on any atom is 0.237 e. The first-order valence-corrected chi connectivity index (χ1v) is 13.2. The van der Waals surface area contributed by atoms with Crippen molar-refractivity contribution in [1.29, 1.82) is 0 Å². The van der Waals surface area contributed by atoms with Crippen LogP contribution in [0.4, 0.5) is 0 Å². The molecular formula is C23H34N2O4S. The molecule has 0 radical (unpaired) electrons. The maximum atomic E-state index is 13.2. The molecule has 2 unspecified atom stereocenters. The van der Waals surface area contributed by atoms with Crippen LogP contribution in [0.2, 0.25) is 0 Å². The van der Waals surface area contributed by atoms with Gasteiger partial charge in [0, 0.05) is 19.2 Å². The van der Waals surface area contributed by atoms with Crippen molar-refractivity contribution in [3.05, 3.63) is 35.9 Å². The third-order valence-electron chi connectivity index (χ3n) is 6.83. The molecule has 0 aromatic heterocycles. The molecule has 6 nitrogen and oxygen atoms in total. The van der Waals surface area contributed by atoms with Gasteiger partial charge in [-0.2, -0.15) is 0 Å². The van der Waals surface area contributed by atoms with E-state index in [1.165, 1.54) is 5.56 Å². The van der Waals surface area contributed by atoms with Crippen molar-refractivity contribution in [2.75, 3.05) is 44.3 Å². The highest BCUT2D eigenvalue weighted by Crippen LogP contribution is 2.24. The third-order valence-corrected chi connectivity index (χ3v) is 8.58. The summed E-state index contributed by atoms with van der Waals surface area (Å²) in [6.07, 6.45) is 5.89. The summed E-state index contributed by atoms with van der Waals surface area (Å²) in [4.78, 5) is 17.3. The molecule has 3 fully saturated rings. The van der Waals surface area contributed by atoms with Crippen LogP contribution in [0.5, 0.6) is 0 Å². The van der Waals surface area contributed by atoms with Crippen LogP contribution in [0.15, 0.2) is 30.3 Å². The van der Waals surface area contributed by atoms with Gasteiger partial charge in [0.05, 0.1) is 24.2 Å². The Labute approximate surface area is 180 Å². The molecule has 4 rings (SSSR count). The Bertz CT molecular complexity index is 800. The summed E-state index contributed by atoms with van der Waals surface area (Å²) < 4.78 is 29.8. The molecule has 3 heterocycles. The quantitative estimate of drug-likeness (QED) is 0.658. The minimum atomic E-state index is -3.03. The Hall–Kier alpha value is -1.44. The molecule has 1 amide bonds. The number of carbonyl (C=O) groups is 1. The minimum Gasteiger partial charge on any atom is -0.376 e. The van der Waals surface area contributed by atoms with Gasteiger partial charge in [-0.25, -0.2) is 8.42 Å². The van der Waals surface area contributed by atoms with E-state index in [-0.39, 0.29) is 29.6 Å². The summed E-state index contributed by atoms with van der Waals surface area (Å²) in [5.41, 5.74) is 1.39. The van der Waals surface area contributed by atoms with Crippen molar-refractivity contribution in [3.63, 3.8) is 0 Å². The zero-order valence-electron chi connectivity index (χ0n) is 17.7. The molecule has 3 saturated heterocycles. The smallest absolute Gasteiger partial charge is 0.237 e. The van der Waals surface area contributed by atoms with Gasteiger partial charge in [-0.3, -0.25) is 9.69 Å². The van der Waals surface area contributed by atoms with Gasteiger partial charge < -0.3 is 9.64 Å². The van der Waals surface area contributed by atoms with Gasteiger partial charge in [-0.05, 0) is 63.1 Å². The van der Waals surface area contributed by atoms with Gasteiger partial charge in [-0.1, -0.05) is 30.3 Å². The first-order valence-electron chi connectivity index (χ1n) is 11.4. The second kappa shape index (κ2) is 9.79.